The molecule has 0 radical (unpaired) electrons. The molecule has 0 saturated carbocycles. The molecule has 0 aliphatic carbocycles. The van der Waals surface area contributed by atoms with Gasteiger partial charge in [-0.3, -0.25) is 4.79 Å². The lowest BCUT2D eigenvalue weighted by Crippen LogP contribution is -2.24. The van der Waals surface area contributed by atoms with Gasteiger partial charge in [0.25, 0.3) is 0 Å². The fourth-order valence-corrected chi connectivity index (χ4v) is 2.81. The van der Waals surface area contributed by atoms with Crippen LogP contribution in [0.4, 0.5) is 0 Å². The van der Waals surface area contributed by atoms with Gasteiger partial charge in [-0.05, 0) is 38.0 Å². The van der Waals surface area contributed by atoms with E-state index in [1.54, 1.807) is 26.2 Å². The molecule has 0 aliphatic rings. The van der Waals surface area contributed by atoms with Gasteiger partial charge in [0.1, 0.15) is 22.8 Å². The third-order valence-corrected chi connectivity index (χ3v) is 4.24. The molecular weight excluding hydrogens is 336 g/mol. The number of methoxy groups -OCH3 is 1. The van der Waals surface area contributed by atoms with Crippen molar-refractivity contribution in [1.29, 1.82) is 0 Å². The molecule has 3 rings (SSSR count). The van der Waals surface area contributed by atoms with Crippen molar-refractivity contribution in [3.05, 3.63) is 57.3 Å². The van der Waals surface area contributed by atoms with Crippen LogP contribution in [-0.4, -0.2) is 18.2 Å². The third-order valence-electron chi connectivity index (χ3n) is 4.24. The molecule has 0 fully saturated rings. The Balaban J connectivity index is 1.70. The van der Waals surface area contributed by atoms with Crippen LogP contribution in [0.5, 0.6) is 5.75 Å². The third kappa shape index (κ3) is 3.77. The molecular formula is C19H20N2O5. The number of ether oxygens (including phenoxy) is 1. The van der Waals surface area contributed by atoms with Gasteiger partial charge >= 0.3 is 5.63 Å². The first-order valence-electron chi connectivity index (χ1n) is 8.27. The Bertz CT molecular complexity index is 1000. The summed E-state index contributed by atoms with van der Waals surface area (Å²) >= 11 is 0. The summed E-state index contributed by atoms with van der Waals surface area (Å²) < 4.78 is 15.5. The minimum absolute atomic E-state index is 0.167. The van der Waals surface area contributed by atoms with E-state index >= 15 is 0 Å². The zero-order valence-corrected chi connectivity index (χ0v) is 14.9. The Labute approximate surface area is 149 Å². The van der Waals surface area contributed by atoms with Crippen LogP contribution in [0, 0.1) is 13.8 Å². The highest BCUT2D eigenvalue weighted by Crippen LogP contribution is 2.24. The summed E-state index contributed by atoms with van der Waals surface area (Å²) in [5.74, 6) is 1.14. The van der Waals surface area contributed by atoms with Crippen LogP contribution in [0.2, 0.25) is 0 Å². The van der Waals surface area contributed by atoms with Crippen LogP contribution in [0.3, 0.4) is 0 Å². The highest BCUT2D eigenvalue weighted by atomic mass is 16.5. The zero-order valence-electron chi connectivity index (χ0n) is 14.9. The van der Waals surface area contributed by atoms with Gasteiger partial charge < -0.3 is 19.0 Å². The maximum absolute atomic E-state index is 12.3. The van der Waals surface area contributed by atoms with Crippen LogP contribution >= 0.6 is 0 Å². The van der Waals surface area contributed by atoms with E-state index in [0.29, 0.717) is 41.3 Å². The largest absolute Gasteiger partial charge is 0.497 e. The molecule has 2 heterocycles. The summed E-state index contributed by atoms with van der Waals surface area (Å²) in [4.78, 5) is 24.3. The molecule has 3 aromatic rings. The van der Waals surface area contributed by atoms with Crippen LogP contribution < -0.4 is 15.7 Å². The maximum Gasteiger partial charge on any atom is 0.339 e. The van der Waals surface area contributed by atoms with E-state index < -0.39 is 5.63 Å². The quantitative estimate of drug-likeness (QED) is 0.682. The monoisotopic (exact) mass is 356 g/mol. The van der Waals surface area contributed by atoms with Gasteiger partial charge in [-0.25, -0.2) is 4.79 Å². The molecule has 0 atom stereocenters. The minimum atomic E-state index is -0.428. The van der Waals surface area contributed by atoms with Crippen LogP contribution in [0.15, 0.2) is 38.0 Å². The smallest absolute Gasteiger partial charge is 0.339 e. The van der Waals surface area contributed by atoms with E-state index in [-0.39, 0.29) is 12.3 Å². The average Bonchev–Trinajstić information content (AvgIpc) is 3.04. The summed E-state index contributed by atoms with van der Waals surface area (Å²) in [5.41, 5.74) is 2.03. The molecule has 7 heteroatoms. The lowest BCUT2D eigenvalue weighted by Gasteiger charge is -2.09. The molecule has 2 aromatic heterocycles. The molecule has 7 nitrogen and oxygen atoms in total. The molecule has 0 aliphatic heterocycles. The summed E-state index contributed by atoms with van der Waals surface area (Å²) in [5, 5.41) is 7.41. The van der Waals surface area contributed by atoms with Crippen molar-refractivity contribution in [2.45, 2.75) is 33.2 Å². The van der Waals surface area contributed by atoms with Crippen molar-refractivity contribution in [1.82, 2.24) is 10.5 Å². The number of fused-ring (bicyclic) bond motifs is 1. The fraction of sp³-hybridized carbons (Fsp3) is 0.316. The Hall–Kier alpha value is -3.09. The Morgan fingerprint density at radius 1 is 1.27 bits per heavy atom. The molecule has 0 spiro atoms. The molecule has 0 bridgehead atoms. The second-order valence-corrected chi connectivity index (χ2v) is 6.06. The highest BCUT2D eigenvalue weighted by molar-refractivity contribution is 5.82. The number of nitrogens with one attached hydrogen (secondary N) is 1. The molecule has 136 valence electrons. The number of nitrogens with zero attached hydrogens (tertiary/aromatic N) is 1. The first kappa shape index (κ1) is 17.7. The molecule has 1 aromatic carbocycles. The average molecular weight is 356 g/mol. The number of rotatable bonds is 6. The van der Waals surface area contributed by atoms with E-state index in [1.165, 1.54) is 0 Å². The van der Waals surface area contributed by atoms with E-state index in [0.717, 1.165) is 10.9 Å². The van der Waals surface area contributed by atoms with Crippen molar-refractivity contribution in [2.75, 3.05) is 7.11 Å². The number of hydrogen-bond donors (Lipinski definition) is 1. The number of carbonyl (C=O) groups excluding carboxylic acids is 1. The summed E-state index contributed by atoms with van der Waals surface area (Å²) in [7, 11) is 1.56. The van der Waals surface area contributed by atoms with Crippen molar-refractivity contribution in [3.8, 4) is 5.75 Å². The van der Waals surface area contributed by atoms with Gasteiger partial charge in [-0.2, -0.15) is 0 Å². The van der Waals surface area contributed by atoms with E-state index in [9.17, 15) is 9.59 Å². The maximum atomic E-state index is 12.3. The highest BCUT2D eigenvalue weighted by Gasteiger charge is 2.14. The van der Waals surface area contributed by atoms with Crippen molar-refractivity contribution < 1.29 is 18.5 Å². The van der Waals surface area contributed by atoms with E-state index in [4.69, 9.17) is 13.7 Å². The van der Waals surface area contributed by atoms with Gasteiger partial charge in [0.15, 0.2) is 0 Å². The molecule has 0 unspecified atom stereocenters. The summed E-state index contributed by atoms with van der Waals surface area (Å²) in [6.45, 7) is 3.94. The second kappa shape index (κ2) is 7.43. The lowest BCUT2D eigenvalue weighted by atomic mass is 10.0. The summed E-state index contributed by atoms with van der Waals surface area (Å²) in [6.07, 6.45) is 0.490. The number of carbonyl (C=O) groups is 1. The molecule has 26 heavy (non-hydrogen) atoms. The van der Waals surface area contributed by atoms with E-state index in [2.05, 4.69) is 10.5 Å². The predicted molar refractivity (Wildman–Crippen MR) is 95.2 cm³/mol. The second-order valence-electron chi connectivity index (χ2n) is 6.06. The predicted octanol–water partition coefficient (Wildman–Crippen LogP) is 2.66. The number of hydrogen-bond acceptors (Lipinski definition) is 6. The van der Waals surface area contributed by atoms with Gasteiger partial charge in [-0.1, -0.05) is 5.16 Å². The van der Waals surface area contributed by atoms with Gasteiger partial charge in [0, 0.05) is 29.5 Å². The van der Waals surface area contributed by atoms with E-state index in [1.807, 2.05) is 19.1 Å². The van der Waals surface area contributed by atoms with Crippen LogP contribution in [0.25, 0.3) is 11.0 Å². The lowest BCUT2D eigenvalue weighted by molar-refractivity contribution is -0.121. The van der Waals surface area contributed by atoms with Crippen LogP contribution in [0.1, 0.15) is 29.0 Å². The number of benzene rings is 1. The number of aromatic nitrogens is 1. The number of aryl methyl sites for hydroxylation is 2. The van der Waals surface area contributed by atoms with Crippen molar-refractivity contribution in [3.63, 3.8) is 0 Å². The zero-order chi connectivity index (χ0) is 18.7. The SMILES string of the molecule is COc1ccc2c(C)c(CCC(=O)NCc3cc(C)on3)c(=O)oc2c1. The topological polar surface area (TPSA) is 94.6 Å². The Morgan fingerprint density at radius 3 is 2.77 bits per heavy atom. The Morgan fingerprint density at radius 2 is 2.08 bits per heavy atom. The van der Waals surface area contributed by atoms with Crippen LogP contribution in [-0.2, 0) is 17.8 Å². The number of amides is 1. The first-order valence-corrected chi connectivity index (χ1v) is 8.27. The Kier molecular flexibility index (Phi) is 5.06. The molecule has 0 saturated heterocycles. The summed E-state index contributed by atoms with van der Waals surface area (Å²) in [6, 6.07) is 7.10. The van der Waals surface area contributed by atoms with Crippen molar-refractivity contribution in [2.24, 2.45) is 0 Å². The minimum Gasteiger partial charge on any atom is -0.497 e. The molecule has 1 N–H and O–H groups in total. The van der Waals surface area contributed by atoms with Gasteiger partial charge in [-0.15, -0.1) is 0 Å². The van der Waals surface area contributed by atoms with Gasteiger partial charge in [0.2, 0.25) is 5.91 Å². The standard InChI is InChI=1S/C19H20N2O5/c1-11-8-13(21-26-11)10-20-18(22)7-6-16-12(2)15-5-4-14(24-3)9-17(15)25-19(16)23/h4-5,8-9H,6-7,10H2,1-3H3,(H,20,22). The fourth-order valence-electron chi connectivity index (χ4n) is 2.81. The van der Waals surface area contributed by atoms with Gasteiger partial charge in [0.05, 0.1) is 13.7 Å². The van der Waals surface area contributed by atoms with Crippen molar-refractivity contribution >= 4 is 16.9 Å². The molecule has 1 amide bonds. The first-order chi connectivity index (χ1) is 12.5. The normalized spacial score (nSPS) is 10.9.